The van der Waals surface area contributed by atoms with Crippen molar-refractivity contribution in [2.75, 3.05) is 30.8 Å². The molecule has 0 atom stereocenters. The average molecular weight is 276 g/mol. The van der Waals surface area contributed by atoms with Crippen LogP contribution in [0.2, 0.25) is 0 Å². The van der Waals surface area contributed by atoms with Gasteiger partial charge in [0.1, 0.15) is 6.33 Å². The lowest BCUT2D eigenvalue weighted by molar-refractivity contribution is -0.118. The number of aromatic nitrogens is 5. The zero-order valence-corrected chi connectivity index (χ0v) is 11.3. The van der Waals surface area contributed by atoms with Gasteiger partial charge < -0.3 is 16.0 Å². The first-order valence-electron chi connectivity index (χ1n) is 6.09. The van der Waals surface area contributed by atoms with Gasteiger partial charge in [-0.2, -0.15) is 15.0 Å². The molecule has 0 spiro atoms. The number of hydrogen-bond donors (Lipinski definition) is 3. The normalized spacial score (nSPS) is 10.1. The van der Waals surface area contributed by atoms with Crippen LogP contribution >= 0.6 is 0 Å². The number of nitrogens with one attached hydrogen (secondary N) is 3. The Bertz CT molecular complexity index is 568. The predicted molar refractivity (Wildman–Crippen MR) is 73.7 cm³/mol. The molecule has 2 rings (SSSR count). The van der Waals surface area contributed by atoms with Gasteiger partial charge in [-0.05, 0) is 0 Å². The lowest BCUT2D eigenvalue weighted by Crippen LogP contribution is -2.26. The van der Waals surface area contributed by atoms with Gasteiger partial charge in [-0.1, -0.05) is 0 Å². The maximum absolute atomic E-state index is 10.8. The lowest BCUT2D eigenvalue weighted by Gasteiger charge is -2.09. The summed E-state index contributed by atoms with van der Waals surface area (Å²) in [5.41, 5.74) is 0. The quantitative estimate of drug-likeness (QED) is 0.618. The van der Waals surface area contributed by atoms with Crippen molar-refractivity contribution < 1.29 is 4.79 Å². The molecule has 9 heteroatoms. The van der Waals surface area contributed by atoms with E-state index in [1.807, 2.05) is 0 Å². The SMILES string of the molecule is CNc1nc(NCCNC(C)=O)nc(-n2ccnc2)n1. The number of amides is 1. The molecule has 0 saturated heterocycles. The Hall–Kier alpha value is -2.71. The highest BCUT2D eigenvalue weighted by Gasteiger charge is 2.06. The van der Waals surface area contributed by atoms with Crippen LogP contribution in [-0.4, -0.2) is 50.5 Å². The Morgan fingerprint density at radius 3 is 2.70 bits per heavy atom. The fraction of sp³-hybridized carbons (Fsp3) is 0.364. The number of carbonyl (C=O) groups is 1. The Balaban J connectivity index is 2.08. The predicted octanol–water partition coefficient (Wildman–Crippen LogP) is -0.353. The zero-order chi connectivity index (χ0) is 14.4. The summed E-state index contributed by atoms with van der Waals surface area (Å²) in [7, 11) is 1.73. The Morgan fingerprint density at radius 2 is 2.05 bits per heavy atom. The third-order valence-electron chi connectivity index (χ3n) is 2.36. The summed E-state index contributed by atoms with van der Waals surface area (Å²) in [6.07, 6.45) is 5.00. The van der Waals surface area contributed by atoms with Crippen LogP contribution in [0.15, 0.2) is 18.7 Å². The average Bonchev–Trinajstić information content (AvgIpc) is 2.97. The molecule has 0 bridgehead atoms. The molecule has 106 valence electrons. The van der Waals surface area contributed by atoms with E-state index in [4.69, 9.17) is 0 Å². The first-order valence-corrected chi connectivity index (χ1v) is 6.09. The van der Waals surface area contributed by atoms with Crippen LogP contribution in [0.4, 0.5) is 11.9 Å². The number of imidazole rings is 1. The molecule has 3 N–H and O–H groups in total. The zero-order valence-electron chi connectivity index (χ0n) is 11.3. The highest BCUT2D eigenvalue weighted by Crippen LogP contribution is 2.08. The number of nitrogens with zero attached hydrogens (tertiary/aromatic N) is 5. The minimum Gasteiger partial charge on any atom is -0.357 e. The van der Waals surface area contributed by atoms with E-state index in [1.165, 1.54) is 6.92 Å². The van der Waals surface area contributed by atoms with Gasteiger partial charge in [-0.15, -0.1) is 0 Å². The van der Waals surface area contributed by atoms with Crippen molar-refractivity contribution in [3.8, 4) is 5.95 Å². The van der Waals surface area contributed by atoms with E-state index in [2.05, 4.69) is 35.9 Å². The van der Waals surface area contributed by atoms with E-state index < -0.39 is 0 Å². The third kappa shape index (κ3) is 3.64. The second-order valence-electron chi connectivity index (χ2n) is 3.91. The molecule has 0 aliphatic carbocycles. The molecule has 1 amide bonds. The van der Waals surface area contributed by atoms with Crippen molar-refractivity contribution in [3.05, 3.63) is 18.7 Å². The van der Waals surface area contributed by atoms with Crippen molar-refractivity contribution in [2.45, 2.75) is 6.92 Å². The van der Waals surface area contributed by atoms with Gasteiger partial charge in [0.2, 0.25) is 23.8 Å². The molecular weight excluding hydrogens is 260 g/mol. The smallest absolute Gasteiger partial charge is 0.241 e. The van der Waals surface area contributed by atoms with Gasteiger partial charge >= 0.3 is 0 Å². The minimum absolute atomic E-state index is 0.0718. The van der Waals surface area contributed by atoms with Crippen LogP contribution < -0.4 is 16.0 Å². The van der Waals surface area contributed by atoms with Gasteiger partial charge in [0.25, 0.3) is 0 Å². The van der Waals surface area contributed by atoms with Crippen LogP contribution in [-0.2, 0) is 4.79 Å². The number of carbonyl (C=O) groups excluding carboxylic acids is 1. The summed E-state index contributed by atoms with van der Waals surface area (Å²) in [4.78, 5) is 27.4. The van der Waals surface area contributed by atoms with Crippen molar-refractivity contribution in [1.82, 2.24) is 29.8 Å². The molecular formula is C11H16N8O. The molecule has 0 radical (unpaired) electrons. The Morgan fingerprint density at radius 1 is 1.25 bits per heavy atom. The van der Waals surface area contributed by atoms with Gasteiger partial charge in [0.15, 0.2) is 0 Å². The van der Waals surface area contributed by atoms with E-state index in [9.17, 15) is 4.79 Å². The molecule has 2 heterocycles. The lowest BCUT2D eigenvalue weighted by atomic mass is 10.6. The van der Waals surface area contributed by atoms with Gasteiger partial charge in [-0.3, -0.25) is 9.36 Å². The molecule has 0 aliphatic rings. The molecule has 2 aromatic rings. The number of hydrogen-bond acceptors (Lipinski definition) is 7. The van der Waals surface area contributed by atoms with E-state index in [-0.39, 0.29) is 5.91 Å². The van der Waals surface area contributed by atoms with Crippen LogP contribution in [0.5, 0.6) is 0 Å². The first kappa shape index (κ1) is 13.7. The van der Waals surface area contributed by atoms with E-state index >= 15 is 0 Å². The highest BCUT2D eigenvalue weighted by atomic mass is 16.1. The largest absolute Gasteiger partial charge is 0.357 e. The molecule has 0 unspecified atom stereocenters. The second-order valence-corrected chi connectivity index (χ2v) is 3.91. The minimum atomic E-state index is -0.0718. The highest BCUT2D eigenvalue weighted by molar-refractivity contribution is 5.72. The molecule has 0 saturated carbocycles. The summed E-state index contributed by atoms with van der Waals surface area (Å²) in [5.74, 6) is 1.27. The number of anilines is 2. The van der Waals surface area contributed by atoms with Crippen LogP contribution in [0.3, 0.4) is 0 Å². The van der Waals surface area contributed by atoms with Gasteiger partial charge in [-0.25, -0.2) is 4.98 Å². The van der Waals surface area contributed by atoms with Crippen LogP contribution in [0.25, 0.3) is 5.95 Å². The van der Waals surface area contributed by atoms with Crippen molar-refractivity contribution in [1.29, 1.82) is 0 Å². The summed E-state index contributed by atoms with van der Waals surface area (Å²) < 4.78 is 1.68. The van der Waals surface area contributed by atoms with Crippen molar-refractivity contribution >= 4 is 17.8 Å². The van der Waals surface area contributed by atoms with Crippen molar-refractivity contribution in [3.63, 3.8) is 0 Å². The maximum atomic E-state index is 10.8. The van der Waals surface area contributed by atoms with Crippen LogP contribution in [0.1, 0.15) is 6.92 Å². The Kier molecular flexibility index (Phi) is 4.43. The summed E-state index contributed by atoms with van der Waals surface area (Å²) in [5, 5.41) is 8.58. The van der Waals surface area contributed by atoms with Gasteiger partial charge in [0, 0.05) is 39.5 Å². The summed E-state index contributed by atoms with van der Waals surface area (Å²) in [6, 6.07) is 0. The van der Waals surface area contributed by atoms with Crippen LogP contribution in [0, 0.1) is 0 Å². The van der Waals surface area contributed by atoms with E-state index in [0.717, 1.165) is 0 Å². The molecule has 20 heavy (non-hydrogen) atoms. The standard InChI is InChI=1S/C11H16N8O/c1-8(20)14-3-4-15-10-16-9(12-2)17-11(18-10)19-6-5-13-7-19/h5-7H,3-4H2,1-2H3,(H,14,20)(H2,12,15,16,17,18). The molecule has 0 aromatic carbocycles. The topological polar surface area (TPSA) is 110 Å². The fourth-order valence-electron chi connectivity index (χ4n) is 1.46. The first-order chi connectivity index (χ1) is 9.69. The van der Waals surface area contributed by atoms with Crippen molar-refractivity contribution in [2.24, 2.45) is 0 Å². The monoisotopic (exact) mass is 276 g/mol. The summed E-state index contributed by atoms with van der Waals surface area (Å²) >= 11 is 0. The Labute approximate surface area is 115 Å². The van der Waals surface area contributed by atoms with E-state index in [1.54, 1.807) is 30.3 Å². The second kappa shape index (κ2) is 6.45. The molecule has 0 aliphatic heterocycles. The maximum Gasteiger partial charge on any atom is 0.241 e. The number of rotatable bonds is 6. The molecule has 9 nitrogen and oxygen atoms in total. The van der Waals surface area contributed by atoms with E-state index in [0.29, 0.717) is 30.9 Å². The summed E-state index contributed by atoms with van der Waals surface area (Å²) in [6.45, 7) is 2.49. The van der Waals surface area contributed by atoms with Gasteiger partial charge in [0.05, 0.1) is 0 Å². The fourth-order valence-corrected chi connectivity index (χ4v) is 1.46. The third-order valence-corrected chi connectivity index (χ3v) is 2.36. The molecule has 2 aromatic heterocycles. The molecule has 0 fully saturated rings.